The van der Waals surface area contributed by atoms with Crippen LogP contribution >= 0.6 is 0 Å². The number of hydrogen-bond acceptors (Lipinski definition) is 9. The minimum absolute atomic E-state index is 0.0720. The Bertz CT molecular complexity index is 1930. The molecule has 0 saturated heterocycles. The van der Waals surface area contributed by atoms with Crippen molar-refractivity contribution >= 4 is 63.3 Å². The molecule has 0 saturated carbocycles. The summed E-state index contributed by atoms with van der Waals surface area (Å²) in [4.78, 5) is -2.18. The molecular formula is C21H16N2O10S3. The molecule has 0 radical (unpaired) electrons. The van der Waals surface area contributed by atoms with E-state index in [1.54, 1.807) is 12.1 Å². The number of aryl methyl sites for hydroxylation is 1. The Morgan fingerprint density at radius 3 is 2.00 bits per heavy atom. The highest BCUT2D eigenvalue weighted by Crippen LogP contribution is 2.44. The summed E-state index contributed by atoms with van der Waals surface area (Å²) in [5.74, 6) is -0.822. The average Bonchev–Trinajstić information content (AvgIpc) is 2.75. The Hall–Kier alpha value is -3.47. The molecule has 0 amide bonds. The van der Waals surface area contributed by atoms with Crippen LogP contribution in [0.2, 0.25) is 0 Å². The molecule has 0 spiro atoms. The van der Waals surface area contributed by atoms with E-state index in [9.17, 15) is 44.0 Å². The standard InChI is InChI=1S/C21H16N2O10S3/c1-11-8-14(34(25,26)27)9-13-10-17(35(28,29)30)19(20(24)18(11)13)23-22-16-7-6-12-4-2-3-5-15(12)21(16)36(31,32)33/h2-10,24H,1H3,(H,25,26,27)(H,28,29,30)(H,31,32,33). The summed E-state index contributed by atoms with van der Waals surface area (Å²) < 4.78 is 100. The minimum atomic E-state index is -5.08. The number of benzene rings is 4. The fourth-order valence-corrected chi connectivity index (χ4v) is 5.89. The van der Waals surface area contributed by atoms with Crippen LogP contribution in [0.5, 0.6) is 5.75 Å². The summed E-state index contributed by atoms with van der Waals surface area (Å²) in [5, 5.41) is 18.6. The number of nitrogens with zero attached hydrogens (tertiary/aromatic N) is 2. The van der Waals surface area contributed by atoms with E-state index in [-0.39, 0.29) is 21.7 Å². The van der Waals surface area contributed by atoms with Gasteiger partial charge in [-0.05, 0) is 47.5 Å². The second-order valence-corrected chi connectivity index (χ2v) is 11.8. The predicted molar refractivity (Wildman–Crippen MR) is 128 cm³/mol. The highest BCUT2D eigenvalue weighted by atomic mass is 32.2. The highest BCUT2D eigenvalue weighted by Gasteiger charge is 2.25. The first-order valence-corrected chi connectivity index (χ1v) is 14.1. The Morgan fingerprint density at radius 1 is 0.722 bits per heavy atom. The van der Waals surface area contributed by atoms with Crippen molar-refractivity contribution in [1.82, 2.24) is 0 Å². The maximum absolute atomic E-state index is 12.1. The van der Waals surface area contributed by atoms with E-state index >= 15 is 0 Å². The topological polar surface area (TPSA) is 208 Å². The van der Waals surface area contributed by atoms with Gasteiger partial charge in [0.05, 0.1) is 4.90 Å². The molecule has 15 heteroatoms. The second-order valence-electron chi connectivity index (χ2n) is 7.67. The first-order valence-electron chi connectivity index (χ1n) is 9.75. The number of aromatic hydroxyl groups is 1. The third kappa shape index (κ3) is 4.67. The van der Waals surface area contributed by atoms with Gasteiger partial charge in [0.15, 0.2) is 5.75 Å². The number of fused-ring (bicyclic) bond motifs is 2. The van der Waals surface area contributed by atoms with Crippen LogP contribution in [-0.4, -0.2) is 44.0 Å². The van der Waals surface area contributed by atoms with Gasteiger partial charge in [-0.2, -0.15) is 25.3 Å². The van der Waals surface area contributed by atoms with Gasteiger partial charge in [-0.1, -0.05) is 30.3 Å². The molecule has 12 nitrogen and oxygen atoms in total. The Balaban J connectivity index is 2.04. The third-order valence-electron chi connectivity index (χ3n) is 5.27. The van der Waals surface area contributed by atoms with Crippen LogP contribution in [0.1, 0.15) is 5.56 Å². The minimum Gasteiger partial charge on any atom is -0.505 e. The Labute approximate surface area is 204 Å². The third-order valence-corrected chi connectivity index (χ3v) is 7.91. The molecule has 4 aromatic carbocycles. The molecule has 0 aliphatic carbocycles. The van der Waals surface area contributed by atoms with Gasteiger partial charge in [0, 0.05) is 10.8 Å². The van der Waals surface area contributed by atoms with Crippen molar-refractivity contribution in [2.45, 2.75) is 21.6 Å². The SMILES string of the molecule is Cc1cc(S(=O)(=O)O)cc2cc(S(=O)(=O)O)c(N=Nc3ccc4ccccc4c3S(=O)(=O)O)c(O)c12. The van der Waals surface area contributed by atoms with E-state index in [0.29, 0.717) is 5.39 Å². The zero-order valence-electron chi connectivity index (χ0n) is 18.1. The Kier molecular flexibility index (Phi) is 6.10. The van der Waals surface area contributed by atoms with Crippen molar-refractivity contribution in [3.8, 4) is 5.75 Å². The fraction of sp³-hybridized carbons (Fsp3) is 0.0476. The van der Waals surface area contributed by atoms with Gasteiger partial charge >= 0.3 is 0 Å². The number of phenols is 1. The smallest absolute Gasteiger partial charge is 0.297 e. The fourth-order valence-electron chi connectivity index (χ4n) is 3.79. The number of azo groups is 1. The normalized spacial score (nSPS) is 13.1. The molecule has 0 aliphatic rings. The van der Waals surface area contributed by atoms with E-state index in [2.05, 4.69) is 10.2 Å². The van der Waals surface area contributed by atoms with Crippen LogP contribution in [0.25, 0.3) is 21.5 Å². The zero-order chi connectivity index (χ0) is 26.6. The molecule has 188 valence electrons. The van der Waals surface area contributed by atoms with E-state index in [1.165, 1.54) is 31.2 Å². The van der Waals surface area contributed by atoms with Gasteiger partial charge in [-0.3, -0.25) is 13.7 Å². The first-order chi connectivity index (χ1) is 16.6. The lowest BCUT2D eigenvalue weighted by Crippen LogP contribution is -2.02. The number of rotatable bonds is 5. The molecule has 0 aromatic heterocycles. The van der Waals surface area contributed by atoms with Gasteiger partial charge in [0.1, 0.15) is 21.2 Å². The number of phenolic OH excluding ortho intramolecular Hbond substituents is 1. The predicted octanol–water partition coefficient (Wildman–Crippen LogP) is 4.16. The summed E-state index contributed by atoms with van der Waals surface area (Å²) in [6.45, 7) is 1.37. The van der Waals surface area contributed by atoms with Crippen molar-refractivity contribution in [3.63, 3.8) is 0 Å². The Morgan fingerprint density at radius 2 is 1.39 bits per heavy atom. The quantitative estimate of drug-likeness (QED) is 0.205. The molecule has 0 aliphatic heterocycles. The maximum atomic E-state index is 12.1. The molecule has 0 atom stereocenters. The molecule has 0 fully saturated rings. The molecule has 4 N–H and O–H groups in total. The van der Waals surface area contributed by atoms with Crippen LogP contribution < -0.4 is 0 Å². The van der Waals surface area contributed by atoms with Crippen molar-refractivity contribution < 1.29 is 44.0 Å². The van der Waals surface area contributed by atoms with Gasteiger partial charge < -0.3 is 5.11 Å². The molecule has 0 heterocycles. The summed E-state index contributed by atoms with van der Waals surface area (Å²) in [5.41, 5.74) is -1.07. The molecular weight excluding hydrogens is 536 g/mol. The molecule has 4 aromatic rings. The monoisotopic (exact) mass is 552 g/mol. The lowest BCUT2D eigenvalue weighted by Gasteiger charge is -2.12. The van der Waals surface area contributed by atoms with Crippen molar-refractivity contribution in [2.24, 2.45) is 10.2 Å². The molecule has 36 heavy (non-hydrogen) atoms. The van der Waals surface area contributed by atoms with Crippen LogP contribution in [-0.2, 0) is 30.4 Å². The van der Waals surface area contributed by atoms with Crippen molar-refractivity contribution in [3.05, 3.63) is 60.2 Å². The van der Waals surface area contributed by atoms with Crippen molar-refractivity contribution in [2.75, 3.05) is 0 Å². The zero-order valence-corrected chi connectivity index (χ0v) is 20.5. The van der Waals surface area contributed by atoms with Gasteiger partial charge in [-0.15, -0.1) is 10.2 Å². The van der Waals surface area contributed by atoms with Crippen LogP contribution in [0.4, 0.5) is 11.4 Å². The molecule has 0 bridgehead atoms. The average molecular weight is 553 g/mol. The summed E-state index contributed by atoms with van der Waals surface area (Å²) in [7, 11) is -14.6. The van der Waals surface area contributed by atoms with E-state index in [0.717, 1.165) is 18.2 Å². The van der Waals surface area contributed by atoms with E-state index in [1.807, 2.05) is 0 Å². The van der Waals surface area contributed by atoms with Crippen LogP contribution in [0.3, 0.4) is 0 Å². The van der Waals surface area contributed by atoms with E-state index < -0.39 is 62.2 Å². The van der Waals surface area contributed by atoms with Gasteiger partial charge in [0.2, 0.25) is 0 Å². The van der Waals surface area contributed by atoms with Crippen LogP contribution in [0.15, 0.2) is 79.5 Å². The lowest BCUT2D eigenvalue weighted by molar-refractivity contribution is 0.471. The highest BCUT2D eigenvalue weighted by molar-refractivity contribution is 7.86. The van der Waals surface area contributed by atoms with Crippen molar-refractivity contribution in [1.29, 1.82) is 0 Å². The molecule has 0 unspecified atom stereocenters. The van der Waals surface area contributed by atoms with E-state index in [4.69, 9.17) is 0 Å². The summed E-state index contributed by atoms with van der Waals surface area (Å²) in [6.07, 6.45) is 0. The first kappa shape index (κ1) is 25.6. The number of hydrogen-bond donors (Lipinski definition) is 4. The molecule has 4 rings (SSSR count). The summed E-state index contributed by atoms with van der Waals surface area (Å²) in [6, 6.07) is 11.5. The largest absolute Gasteiger partial charge is 0.505 e. The lowest BCUT2D eigenvalue weighted by atomic mass is 10.0. The van der Waals surface area contributed by atoms with Gasteiger partial charge in [-0.25, -0.2) is 0 Å². The summed E-state index contributed by atoms with van der Waals surface area (Å²) >= 11 is 0. The second kappa shape index (κ2) is 8.58. The maximum Gasteiger partial charge on any atom is 0.297 e. The van der Waals surface area contributed by atoms with Crippen LogP contribution in [0, 0.1) is 6.92 Å². The van der Waals surface area contributed by atoms with Gasteiger partial charge in [0.25, 0.3) is 30.4 Å².